The van der Waals surface area contributed by atoms with Gasteiger partial charge in [-0.05, 0) is 43.2 Å². The third-order valence-electron chi connectivity index (χ3n) is 7.44. The van der Waals surface area contributed by atoms with Gasteiger partial charge >= 0.3 is 0 Å². The number of piperidine rings is 1. The molecular formula is C24H27F3N4O. The SMILES string of the molecule is NC(=O)C1CC2(CCN(c3c(-c4ccccc4F)ccnc3N3CCC(F)(F)C3)CC2)C1. The number of nitrogens with zero attached hydrogens (tertiary/aromatic N) is 3. The molecule has 32 heavy (non-hydrogen) atoms. The van der Waals surface area contributed by atoms with Gasteiger partial charge in [-0.2, -0.15) is 0 Å². The number of halogens is 3. The Morgan fingerprint density at radius 2 is 1.69 bits per heavy atom. The number of pyridine rings is 1. The molecule has 5 nitrogen and oxygen atoms in total. The van der Waals surface area contributed by atoms with Crippen LogP contribution in [0.15, 0.2) is 36.5 Å². The molecule has 0 unspecified atom stereocenters. The summed E-state index contributed by atoms with van der Waals surface area (Å²) in [5.41, 5.74) is 7.41. The van der Waals surface area contributed by atoms with E-state index in [0.717, 1.165) is 31.4 Å². The first-order valence-corrected chi connectivity index (χ1v) is 11.2. The highest BCUT2D eigenvalue weighted by molar-refractivity contribution is 5.87. The van der Waals surface area contributed by atoms with Gasteiger partial charge in [-0.3, -0.25) is 4.79 Å². The standard InChI is InChI=1S/C24H27F3N4O/c25-19-4-2-1-3-17(19)18-5-9-29-22(31-12-8-24(26,27)15-31)20(18)30-10-6-23(7-11-30)13-16(14-23)21(28)32/h1-5,9,16H,6-8,10-15H2,(H2,28,32). The molecule has 0 bridgehead atoms. The topological polar surface area (TPSA) is 62.5 Å². The van der Waals surface area contributed by atoms with E-state index in [9.17, 15) is 18.0 Å². The van der Waals surface area contributed by atoms with E-state index in [1.54, 1.807) is 35.4 Å². The Morgan fingerprint density at radius 3 is 2.31 bits per heavy atom. The first-order valence-electron chi connectivity index (χ1n) is 11.2. The maximum atomic E-state index is 14.7. The maximum absolute atomic E-state index is 14.7. The molecule has 2 saturated heterocycles. The van der Waals surface area contributed by atoms with Crippen molar-refractivity contribution in [1.29, 1.82) is 0 Å². The number of anilines is 2. The molecule has 3 fully saturated rings. The molecule has 5 rings (SSSR count). The molecule has 3 aliphatic rings. The molecule has 0 atom stereocenters. The Kier molecular flexibility index (Phi) is 5.06. The zero-order valence-corrected chi connectivity index (χ0v) is 17.9. The molecule has 2 aliphatic heterocycles. The largest absolute Gasteiger partial charge is 0.369 e. The molecule has 1 amide bonds. The van der Waals surface area contributed by atoms with Crippen LogP contribution < -0.4 is 15.5 Å². The lowest BCUT2D eigenvalue weighted by Gasteiger charge is -2.52. The van der Waals surface area contributed by atoms with Crippen molar-refractivity contribution in [2.24, 2.45) is 17.1 Å². The first-order chi connectivity index (χ1) is 15.3. The Balaban J connectivity index is 1.49. The summed E-state index contributed by atoms with van der Waals surface area (Å²) in [4.78, 5) is 19.7. The summed E-state index contributed by atoms with van der Waals surface area (Å²) < 4.78 is 42.8. The molecule has 0 radical (unpaired) electrons. The second-order valence-electron chi connectivity index (χ2n) is 9.53. The van der Waals surface area contributed by atoms with Crippen LogP contribution in [0.5, 0.6) is 0 Å². The predicted molar refractivity (Wildman–Crippen MR) is 117 cm³/mol. The zero-order chi connectivity index (χ0) is 22.5. The van der Waals surface area contributed by atoms with Crippen LogP contribution in [0.25, 0.3) is 11.1 Å². The second-order valence-corrected chi connectivity index (χ2v) is 9.53. The van der Waals surface area contributed by atoms with Crippen LogP contribution in [0.4, 0.5) is 24.7 Å². The smallest absolute Gasteiger partial charge is 0.266 e. The minimum atomic E-state index is -2.76. The van der Waals surface area contributed by atoms with Crippen molar-refractivity contribution in [2.75, 3.05) is 36.0 Å². The van der Waals surface area contributed by atoms with Gasteiger partial charge in [0.05, 0.1) is 12.2 Å². The zero-order valence-electron chi connectivity index (χ0n) is 17.9. The summed E-state index contributed by atoms with van der Waals surface area (Å²) in [5, 5.41) is 0. The fraction of sp³-hybridized carbons (Fsp3) is 0.500. The number of amides is 1. The lowest BCUT2D eigenvalue weighted by molar-refractivity contribution is -0.130. The normalized spacial score (nSPS) is 22.2. The maximum Gasteiger partial charge on any atom is 0.266 e. The summed E-state index contributed by atoms with van der Waals surface area (Å²) in [6.45, 7) is 1.24. The van der Waals surface area contributed by atoms with Crippen LogP contribution in [-0.2, 0) is 4.79 Å². The molecule has 1 aromatic carbocycles. The van der Waals surface area contributed by atoms with Crippen molar-refractivity contribution in [3.8, 4) is 11.1 Å². The van der Waals surface area contributed by atoms with E-state index < -0.39 is 5.92 Å². The monoisotopic (exact) mass is 444 g/mol. The summed E-state index contributed by atoms with van der Waals surface area (Å²) in [6, 6.07) is 8.30. The summed E-state index contributed by atoms with van der Waals surface area (Å²) in [7, 11) is 0. The minimum Gasteiger partial charge on any atom is -0.369 e. The van der Waals surface area contributed by atoms with Crippen molar-refractivity contribution in [3.05, 3.63) is 42.3 Å². The van der Waals surface area contributed by atoms with E-state index in [4.69, 9.17) is 5.73 Å². The van der Waals surface area contributed by atoms with Crippen LogP contribution in [0, 0.1) is 17.2 Å². The van der Waals surface area contributed by atoms with E-state index in [2.05, 4.69) is 9.88 Å². The molecule has 8 heteroatoms. The van der Waals surface area contributed by atoms with E-state index in [-0.39, 0.29) is 42.6 Å². The summed E-state index contributed by atoms with van der Waals surface area (Å²) in [6.07, 6.45) is 4.76. The van der Waals surface area contributed by atoms with Crippen LogP contribution >= 0.6 is 0 Å². The molecule has 1 aromatic heterocycles. The minimum absolute atomic E-state index is 0.0451. The average molecular weight is 445 g/mol. The molecule has 2 N–H and O–H groups in total. The predicted octanol–water partition coefficient (Wildman–Crippen LogP) is 4.22. The molecule has 170 valence electrons. The van der Waals surface area contributed by atoms with Crippen molar-refractivity contribution >= 4 is 17.4 Å². The van der Waals surface area contributed by atoms with Gasteiger partial charge in [0, 0.05) is 49.3 Å². The van der Waals surface area contributed by atoms with Gasteiger partial charge in [0.2, 0.25) is 5.91 Å². The van der Waals surface area contributed by atoms with Gasteiger partial charge in [-0.1, -0.05) is 18.2 Å². The van der Waals surface area contributed by atoms with Crippen LogP contribution in [-0.4, -0.2) is 43.0 Å². The number of hydrogen-bond acceptors (Lipinski definition) is 4. The van der Waals surface area contributed by atoms with Crippen LogP contribution in [0.2, 0.25) is 0 Å². The number of rotatable bonds is 4. The second kappa shape index (κ2) is 7.67. The molecular weight excluding hydrogens is 417 g/mol. The number of carbonyl (C=O) groups is 1. The number of nitrogens with two attached hydrogens (primary N) is 1. The Morgan fingerprint density at radius 1 is 1.00 bits per heavy atom. The van der Waals surface area contributed by atoms with E-state index in [1.165, 1.54) is 6.07 Å². The Bertz CT molecular complexity index is 1030. The third kappa shape index (κ3) is 3.69. The number of hydrogen-bond donors (Lipinski definition) is 1. The van der Waals surface area contributed by atoms with Gasteiger partial charge in [-0.15, -0.1) is 0 Å². The van der Waals surface area contributed by atoms with Gasteiger partial charge in [0.15, 0.2) is 5.82 Å². The highest BCUT2D eigenvalue weighted by atomic mass is 19.3. The highest BCUT2D eigenvalue weighted by Crippen LogP contribution is 2.54. The van der Waals surface area contributed by atoms with Gasteiger partial charge in [0.25, 0.3) is 5.92 Å². The average Bonchev–Trinajstić information content (AvgIpc) is 3.11. The third-order valence-corrected chi connectivity index (χ3v) is 7.44. The van der Waals surface area contributed by atoms with E-state index >= 15 is 0 Å². The van der Waals surface area contributed by atoms with E-state index in [0.29, 0.717) is 30.0 Å². The van der Waals surface area contributed by atoms with E-state index in [1.807, 2.05) is 0 Å². The molecule has 1 spiro atoms. The summed E-state index contributed by atoms with van der Waals surface area (Å²) in [5.74, 6) is -2.90. The van der Waals surface area contributed by atoms with Crippen molar-refractivity contribution in [1.82, 2.24) is 4.98 Å². The summed E-state index contributed by atoms with van der Waals surface area (Å²) >= 11 is 0. The Hall–Kier alpha value is -2.77. The van der Waals surface area contributed by atoms with Crippen molar-refractivity contribution in [2.45, 2.75) is 38.0 Å². The van der Waals surface area contributed by atoms with Gasteiger partial charge in [-0.25, -0.2) is 18.2 Å². The molecule has 2 aromatic rings. The quantitative estimate of drug-likeness (QED) is 0.767. The lowest BCUT2D eigenvalue weighted by Crippen LogP contribution is -2.50. The highest BCUT2D eigenvalue weighted by Gasteiger charge is 2.48. The molecule has 1 aliphatic carbocycles. The first kappa shape index (κ1) is 21.1. The van der Waals surface area contributed by atoms with Gasteiger partial charge < -0.3 is 15.5 Å². The number of aromatic nitrogens is 1. The Labute approximate surface area is 185 Å². The molecule has 3 heterocycles. The molecule has 1 saturated carbocycles. The van der Waals surface area contributed by atoms with Crippen molar-refractivity contribution < 1.29 is 18.0 Å². The fourth-order valence-corrected chi connectivity index (χ4v) is 5.60. The lowest BCUT2D eigenvalue weighted by atomic mass is 9.57. The van der Waals surface area contributed by atoms with Crippen LogP contribution in [0.1, 0.15) is 32.1 Å². The number of benzene rings is 1. The number of carbonyl (C=O) groups excluding carboxylic acids is 1. The fourth-order valence-electron chi connectivity index (χ4n) is 5.60. The number of alkyl halides is 2. The number of primary amides is 1. The van der Waals surface area contributed by atoms with Crippen molar-refractivity contribution in [3.63, 3.8) is 0 Å². The van der Waals surface area contributed by atoms with Gasteiger partial charge in [0.1, 0.15) is 5.82 Å². The van der Waals surface area contributed by atoms with Crippen LogP contribution in [0.3, 0.4) is 0 Å².